The van der Waals surface area contributed by atoms with Crippen LogP contribution >= 0.6 is 0 Å². The minimum Gasteiger partial charge on any atom is -0.394 e. The Morgan fingerprint density at radius 3 is 2.61 bits per heavy atom. The summed E-state index contributed by atoms with van der Waals surface area (Å²) in [7, 11) is 0. The molecule has 0 unspecified atom stereocenters. The van der Waals surface area contributed by atoms with Gasteiger partial charge in [-0.3, -0.25) is 0 Å². The molecule has 1 heterocycles. The summed E-state index contributed by atoms with van der Waals surface area (Å²) in [6.07, 6.45) is 4.53. The van der Waals surface area contributed by atoms with Gasteiger partial charge in [-0.25, -0.2) is 9.97 Å². The maximum absolute atomic E-state index is 9.43. The summed E-state index contributed by atoms with van der Waals surface area (Å²) in [4.78, 5) is 9.06. The predicted octanol–water partition coefficient (Wildman–Crippen LogP) is 2.09. The Kier molecular flexibility index (Phi) is 4.17. The van der Waals surface area contributed by atoms with E-state index >= 15 is 0 Å². The van der Waals surface area contributed by atoms with Crippen LogP contribution in [0.3, 0.4) is 0 Å². The summed E-state index contributed by atoms with van der Waals surface area (Å²) in [5.74, 6) is 2.13. The Bertz CT molecular complexity index is 418. The standard InChI is InChI=1S/C14H23N3O/c1-9(2)13(8-18)17-14-11-6-4-5-7-12(11)15-10(3)16-14/h9,13,18H,4-8H2,1-3H3,(H,15,16,17)/t13-/m1/s1. The lowest BCUT2D eigenvalue weighted by molar-refractivity contribution is 0.249. The number of hydrogen-bond acceptors (Lipinski definition) is 4. The third kappa shape index (κ3) is 2.80. The van der Waals surface area contributed by atoms with Gasteiger partial charge in [0.2, 0.25) is 0 Å². The van der Waals surface area contributed by atoms with Gasteiger partial charge in [-0.15, -0.1) is 0 Å². The average molecular weight is 249 g/mol. The fraction of sp³-hybridized carbons (Fsp3) is 0.714. The molecule has 4 nitrogen and oxygen atoms in total. The first-order valence-electron chi connectivity index (χ1n) is 6.85. The number of aliphatic hydroxyl groups excluding tert-OH is 1. The zero-order valence-electron chi connectivity index (χ0n) is 11.5. The molecule has 0 spiro atoms. The summed E-state index contributed by atoms with van der Waals surface area (Å²) in [5, 5.41) is 12.8. The summed E-state index contributed by atoms with van der Waals surface area (Å²) in [6.45, 7) is 6.28. The smallest absolute Gasteiger partial charge is 0.133 e. The Morgan fingerprint density at radius 2 is 1.94 bits per heavy atom. The Hall–Kier alpha value is -1.16. The molecule has 1 aromatic heterocycles. The van der Waals surface area contributed by atoms with Gasteiger partial charge >= 0.3 is 0 Å². The number of rotatable bonds is 4. The second-order valence-electron chi connectivity index (χ2n) is 5.43. The van der Waals surface area contributed by atoms with Gasteiger partial charge in [0.1, 0.15) is 11.6 Å². The van der Waals surface area contributed by atoms with Crippen LogP contribution in [0.4, 0.5) is 5.82 Å². The molecule has 1 aliphatic carbocycles. The molecule has 0 saturated heterocycles. The molecule has 0 radical (unpaired) electrons. The highest BCUT2D eigenvalue weighted by atomic mass is 16.3. The van der Waals surface area contributed by atoms with E-state index in [4.69, 9.17) is 0 Å². The number of aliphatic hydroxyl groups is 1. The highest BCUT2D eigenvalue weighted by molar-refractivity contribution is 5.48. The van der Waals surface area contributed by atoms with E-state index in [9.17, 15) is 5.11 Å². The van der Waals surface area contributed by atoms with Crippen molar-refractivity contribution in [3.05, 3.63) is 17.1 Å². The molecule has 2 rings (SSSR count). The van der Waals surface area contributed by atoms with Crippen LogP contribution in [0.2, 0.25) is 0 Å². The topological polar surface area (TPSA) is 58.0 Å². The van der Waals surface area contributed by atoms with E-state index in [-0.39, 0.29) is 12.6 Å². The van der Waals surface area contributed by atoms with Gasteiger partial charge < -0.3 is 10.4 Å². The first-order chi connectivity index (χ1) is 8.61. The van der Waals surface area contributed by atoms with Gasteiger partial charge in [0, 0.05) is 11.3 Å². The van der Waals surface area contributed by atoms with Gasteiger partial charge in [-0.05, 0) is 38.5 Å². The van der Waals surface area contributed by atoms with E-state index in [0.29, 0.717) is 5.92 Å². The number of nitrogens with one attached hydrogen (secondary N) is 1. The Labute approximate surface area is 109 Å². The minimum atomic E-state index is 0.0605. The molecular weight excluding hydrogens is 226 g/mol. The van der Waals surface area contributed by atoms with Crippen molar-refractivity contribution in [1.82, 2.24) is 9.97 Å². The summed E-state index contributed by atoms with van der Waals surface area (Å²) in [5.41, 5.74) is 2.45. The van der Waals surface area contributed by atoms with E-state index in [1.165, 1.54) is 24.1 Å². The van der Waals surface area contributed by atoms with Crippen molar-refractivity contribution in [1.29, 1.82) is 0 Å². The van der Waals surface area contributed by atoms with E-state index in [1.807, 2.05) is 6.92 Å². The van der Waals surface area contributed by atoms with E-state index in [0.717, 1.165) is 24.5 Å². The van der Waals surface area contributed by atoms with E-state index < -0.39 is 0 Å². The third-order valence-corrected chi connectivity index (χ3v) is 3.62. The summed E-state index contributed by atoms with van der Waals surface area (Å²) >= 11 is 0. The monoisotopic (exact) mass is 249 g/mol. The molecule has 0 aromatic carbocycles. The van der Waals surface area contributed by atoms with Crippen molar-refractivity contribution in [2.75, 3.05) is 11.9 Å². The number of aromatic nitrogens is 2. The van der Waals surface area contributed by atoms with Crippen molar-refractivity contribution in [2.45, 2.75) is 52.5 Å². The number of nitrogens with zero attached hydrogens (tertiary/aromatic N) is 2. The van der Waals surface area contributed by atoms with Gasteiger partial charge in [-0.1, -0.05) is 13.8 Å². The molecule has 1 atom stereocenters. The fourth-order valence-corrected chi connectivity index (χ4v) is 2.44. The zero-order valence-corrected chi connectivity index (χ0v) is 11.5. The van der Waals surface area contributed by atoms with Crippen LogP contribution in [0.1, 0.15) is 43.8 Å². The van der Waals surface area contributed by atoms with Gasteiger partial charge in [-0.2, -0.15) is 0 Å². The van der Waals surface area contributed by atoms with Crippen LogP contribution in [0, 0.1) is 12.8 Å². The van der Waals surface area contributed by atoms with Crippen LogP contribution in [0.15, 0.2) is 0 Å². The van der Waals surface area contributed by atoms with E-state index in [1.54, 1.807) is 0 Å². The minimum absolute atomic E-state index is 0.0605. The number of anilines is 1. The molecule has 0 fully saturated rings. The Morgan fingerprint density at radius 1 is 1.22 bits per heavy atom. The molecule has 2 N–H and O–H groups in total. The molecule has 1 aromatic rings. The van der Waals surface area contributed by atoms with Gasteiger partial charge in [0.05, 0.1) is 12.6 Å². The largest absolute Gasteiger partial charge is 0.394 e. The van der Waals surface area contributed by atoms with Crippen LogP contribution in [0.25, 0.3) is 0 Å². The number of hydrogen-bond donors (Lipinski definition) is 2. The molecule has 18 heavy (non-hydrogen) atoms. The molecule has 100 valence electrons. The molecule has 0 saturated carbocycles. The molecule has 4 heteroatoms. The maximum atomic E-state index is 9.43. The lowest BCUT2D eigenvalue weighted by Crippen LogP contribution is -2.31. The molecule has 1 aliphatic rings. The second kappa shape index (κ2) is 5.65. The lowest BCUT2D eigenvalue weighted by Gasteiger charge is -2.25. The van der Waals surface area contributed by atoms with Gasteiger partial charge in [0.25, 0.3) is 0 Å². The number of aryl methyl sites for hydroxylation is 2. The maximum Gasteiger partial charge on any atom is 0.133 e. The lowest BCUT2D eigenvalue weighted by atomic mass is 9.95. The van der Waals surface area contributed by atoms with E-state index in [2.05, 4.69) is 29.1 Å². The van der Waals surface area contributed by atoms with Crippen molar-refractivity contribution in [2.24, 2.45) is 5.92 Å². The summed E-state index contributed by atoms with van der Waals surface area (Å²) in [6, 6.07) is 0.0605. The number of fused-ring (bicyclic) bond motifs is 1. The highest BCUT2D eigenvalue weighted by Gasteiger charge is 2.20. The molecule has 0 bridgehead atoms. The van der Waals surface area contributed by atoms with Crippen molar-refractivity contribution < 1.29 is 5.11 Å². The van der Waals surface area contributed by atoms with Gasteiger partial charge in [0.15, 0.2) is 0 Å². The van der Waals surface area contributed by atoms with Crippen LogP contribution in [0.5, 0.6) is 0 Å². The molecular formula is C14H23N3O. The third-order valence-electron chi connectivity index (χ3n) is 3.62. The fourth-order valence-electron chi connectivity index (χ4n) is 2.44. The first-order valence-corrected chi connectivity index (χ1v) is 6.85. The quantitative estimate of drug-likeness (QED) is 0.858. The van der Waals surface area contributed by atoms with Crippen LogP contribution < -0.4 is 5.32 Å². The second-order valence-corrected chi connectivity index (χ2v) is 5.43. The predicted molar refractivity (Wildman–Crippen MR) is 72.7 cm³/mol. The van der Waals surface area contributed by atoms with Crippen LogP contribution in [-0.4, -0.2) is 27.7 Å². The van der Waals surface area contributed by atoms with Crippen molar-refractivity contribution >= 4 is 5.82 Å². The first kappa shape index (κ1) is 13.3. The van der Waals surface area contributed by atoms with Crippen molar-refractivity contribution in [3.8, 4) is 0 Å². The molecule has 0 amide bonds. The summed E-state index contributed by atoms with van der Waals surface area (Å²) < 4.78 is 0. The average Bonchev–Trinajstić information content (AvgIpc) is 2.35. The normalized spacial score (nSPS) is 16.5. The zero-order chi connectivity index (χ0) is 13.1. The highest BCUT2D eigenvalue weighted by Crippen LogP contribution is 2.26. The SMILES string of the molecule is Cc1nc2c(c(N[C@H](CO)C(C)C)n1)CCCC2. The van der Waals surface area contributed by atoms with Crippen LogP contribution in [-0.2, 0) is 12.8 Å². The van der Waals surface area contributed by atoms with Crippen molar-refractivity contribution in [3.63, 3.8) is 0 Å². The molecule has 0 aliphatic heterocycles. The Balaban J connectivity index is 2.29.